The van der Waals surface area contributed by atoms with Crippen LogP contribution in [-0.2, 0) is 4.79 Å². The number of carbonyl (C=O) groups excluding carboxylic acids is 2. The van der Waals surface area contributed by atoms with Gasteiger partial charge in [-0.25, -0.2) is 14.8 Å². The second-order valence-electron chi connectivity index (χ2n) is 6.64. The van der Waals surface area contributed by atoms with Gasteiger partial charge < -0.3 is 5.32 Å². The summed E-state index contributed by atoms with van der Waals surface area (Å²) in [6.45, 7) is 0. The summed E-state index contributed by atoms with van der Waals surface area (Å²) in [4.78, 5) is 28.6. The summed E-state index contributed by atoms with van der Waals surface area (Å²) in [7, 11) is 0. The van der Waals surface area contributed by atoms with Crippen LogP contribution in [0, 0.1) is 0 Å². The van der Waals surface area contributed by atoms with Crippen LogP contribution in [0.25, 0.3) is 0 Å². The van der Waals surface area contributed by atoms with Gasteiger partial charge in [0.15, 0.2) is 5.17 Å². The highest BCUT2D eigenvalue weighted by Crippen LogP contribution is 2.40. The lowest BCUT2D eigenvalue weighted by Gasteiger charge is -2.29. The van der Waals surface area contributed by atoms with Gasteiger partial charge in [0.25, 0.3) is 0 Å². The number of hydrogen-bond donors (Lipinski definition) is 2. The van der Waals surface area contributed by atoms with E-state index in [1.54, 1.807) is 0 Å². The third-order valence-corrected chi connectivity index (χ3v) is 5.76. The Labute approximate surface area is 156 Å². The van der Waals surface area contributed by atoms with Crippen molar-refractivity contribution in [2.24, 2.45) is 10.1 Å². The van der Waals surface area contributed by atoms with E-state index in [0.29, 0.717) is 5.17 Å². The third kappa shape index (κ3) is 3.60. The lowest BCUT2D eigenvalue weighted by atomic mass is 10.0. The summed E-state index contributed by atoms with van der Waals surface area (Å²) >= 11 is 1.30. The molecule has 0 radical (unpaired) electrons. The van der Waals surface area contributed by atoms with E-state index in [1.807, 2.05) is 29.4 Å². The Morgan fingerprint density at radius 2 is 2.04 bits per heavy atom. The number of imide groups is 1. The molecule has 8 heteroatoms. The second kappa shape index (κ2) is 7.49. The zero-order valence-corrected chi connectivity index (χ0v) is 15.2. The van der Waals surface area contributed by atoms with Crippen LogP contribution in [0.3, 0.4) is 0 Å². The maximum atomic E-state index is 12.1. The highest BCUT2D eigenvalue weighted by atomic mass is 32.2. The number of hydrogen-bond acceptors (Lipinski definition) is 6. The Morgan fingerprint density at radius 1 is 1.23 bits per heavy atom. The molecule has 0 spiro atoms. The van der Waals surface area contributed by atoms with Gasteiger partial charge in [0.1, 0.15) is 0 Å². The Kier molecular flexibility index (Phi) is 4.92. The molecule has 0 aromatic heterocycles. The molecule has 1 fully saturated rings. The molecule has 26 heavy (non-hydrogen) atoms. The fourth-order valence-electron chi connectivity index (χ4n) is 3.56. The zero-order chi connectivity index (χ0) is 17.9. The molecule has 3 aliphatic rings. The van der Waals surface area contributed by atoms with Crippen LogP contribution >= 0.6 is 11.8 Å². The number of para-hydroxylation sites is 1. The van der Waals surface area contributed by atoms with E-state index >= 15 is 0 Å². The Balaban J connectivity index is 1.35. The van der Waals surface area contributed by atoms with E-state index in [-0.39, 0.29) is 23.7 Å². The van der Waals surface area contributed by atoms with Crippen molar-refractivity contribution < 1.29 is 9.59 Å². The van der Waals surface area contributed by atoms with Crippen LogP contribution in [0.4, 0.5) is 10.5 Å². The molecule has 0 bridgehead atoms. The molecule has 1 aromatic carbocycles. The molecular formula is C18H21N5O2S. The number of fused-ring (bicyclic) bond motifs is 3. The highest BCUT2D eigenvalue weighted by Gasteiger charge is 2.32. The molecule has 7 nitrogen and oxygen atoms in total. The van der Waals surface area contributed by atoms with Gasteiger partial charge in [-0.1, -0.05) is 42.8 Å². The number of aliphatic imine (C=N–C) groups is 1. The average Bonchev–Trinajstić information content (AvgIpc) is 3.31. The highest BCUT2D eigenvalue weighted by molar-refractivity contribution is 8.14. The number of benzene rings is 1. The van der Waals surface area contributed by atoms with Crippen molar-refractivity contribution >= 4 is 40.8 Å². The van der Waals surface area contributed by atoms with E-state index in [0.717, 1.165) is 43.4 Å². The number of urea groups is 1. The maximum absolute atomic E-state index is 12.1. The number of nitrogens with zero attached hydrogens (tertiary/aromatic N) is 3. The Bertz CT molecular complexity index is 773. The lowest BCUT2D eigenvalue weighted by Crippen LogP contribution is -2.44. The average molecular weight is 371 g/mol. The standard InChI is InChI=1S/C18H21N5O2S/c24-16(22-17(25)20-12-5-1-2-6-12)11-26-18-21-14-8-4-3-7-13(14)15-9-10-19-23(15)18/h3-4,7-8,10,12,15H,1-2,5-6,9,11H2,(H2,20,22,24,25). The topological polar surface area (TPSA) is 86.2 Å². The molecule has 1 saturated carbocycles. The van der Waals surface area contributed by atoms with Gasteiger partial charge in [-0.2, -0.15) is 5.10 Å². The summed E-state index contributed by atoms with van der Waals surface area (Å²) < 4.78 is 0. The van der Waals surface area contributed by atoms with Crippen LogP contribution in [0.1, 0.15) is 43.7 Å². The summed E-state index contributed by atoms with van der Waals surface area (Å²) in [5, 5.41) is 12.2. The molecule has 2 aliphatic heterocycles. The largest absolute Gasteiger partial charge is 0.335 e. The molecule has 2 heterocycles. The predicted octanol–water partition coefficient (Wildman–Crippen LogP) is 2.92. The van der Waals surface area contributed by atoms with Crippen molar-refractivity contribution in [2.45, 2.75) is 44.2 Å². The number of amides is 3. The molecule has 0 saturated heterocycles. The summed E-state index contributed by atoms with van der Waals surface area (Å²) in [5.41, 5.74) is 2.07. The van der Waals surface area contributed by atoms with E-state index < -0.39 is 6.03 Å². The van der Waals surface area contributed by atoms with Gasteiger partial charge in [0, 0.05) is 24.2 Å². The quantitative estimate of drug-likeness (QED) is 0.855. The van der Waals surface area contributed by atoms with Crippen molar-refractivity contribution in [1.29, 1.82) is 0 Å². The number of carbonyl (C=O) groups is 2. The van der Waals surface area contributed by atoms with Gasteiger partial charge >= 0.3 is 6.03 Å². The van der Waals surface area contributed by atoms with Gasteiger partial charge in [-0.3, -0.25) is 10.1 Å². The number of thioether (sulfide) groups is 1. The maximum Gasteiger partial charge on any atom is 0.321 e. The minimum Gasteiger partial charge on any atom is -0.335 e. The summed E-state index contributed by atoms with van der Waals surface area (Å²) in [6.07, 6.45) is 6.94. The molecule has 3 amide bonds. The second-order valence-corrected chi connectivity index (χ2v) is 7.58. The van der Waals surface area contributed by atoms with Crippen LogP contribution in [0.2, 0.25) is 0 Å². The lowest BCUT2D eigenvalue weighted by molar-refractivity contribution is -0.117. The Hall–Kier alpha value is -2.35. The van der Waals surface area contributed by atoms with E-state index in [2.05, 4.69) is 26.8 Å². The molecule has 1 aromatic rings. The number of nitrogens with one attached hydrogen (secondary N) is 2. The van der Waals surface area contributed by atoms with E-state index in [1.165, 1.54) is 11.8 Å². The van der Waals surface area contributed by atoms with Gasteiger partial charge in [0.2, 0.25) is 5.91 Å². The fourth-order valence-corrected chi connectivity index (χ4v) is 4.37. The molecule has 136 valence electrons. The first-order valence-corrected chi connectivity index (χ1v) is 9.92. The smallest absolute Gasteiger partial charge is 0.321 e. The monoisotopic (exact) mass is 371 g/mol. The van der Waals surface area contributed by atoms with E-state index in [9.17, 15) is 9.59 Å². The zero-order valence-electron chi connectivity index (χ0n) is 14.4. The van der Waals surface area contributed by atoms with Crippen LogP contribution in [-0.4, -0.2) is 40.1 Å². The number of hydrazone groups is 1. The third-order valence-electron chi connectivity index (χ3n) is 4.81. The number of rotatable bonds is 3. The molecule has 1 aliphatic carbocycles. The number of amidine groups is 1. The van der Waals surface area contributed by atoms with Crippen LogP contribution in [0.15, 0.2) is 34.4 Å². The van der Waals surface area contributed by atoms with Gasteiger partial charge in [-0.05, 0) is 18.9 Å². The molecule has 1 unspecified atom stereocenters. The predicted molar refractivity (Wildman–Crippen MR) is 103 cm³/mol. The summed E-state index contributed by atoms with van der Waals surface area (Å²) in [6, 6.07) is 7.91. The minimum absolute atomic E-state index is 0.123. The molecular weight excluding hydrogens is 350 g/mol. The first kappa shape index (κ1) is 17.1. The first-order chi connectivity index (χ1) is 12.7. The van der Waals surface area contributed by atoms with Crippen molar-refractivity contribution in [3.8, 4) is 0 Å². The Morgan fingerprint density at radius 3 is 2.88 bits per heavy atom. The van der Waals surface area contributed by atoms with Crippen molar-refractivity contribution in [3.05, 3.63) is 29.8 Å². The SMILES string of the molecule is O=C(CSC1=Nc2ccccc2C2CC=NN12)NC(=O)NC1CCCC1. The van der Waals surface area contributed by atoms with Gasteiger partial charge in [-0.15, -0.1) is 0 Å². The molecule has 1 atom stereocenters. The minimum atomic E-state index is -0.407. The van der Waals surface area contributed by atoms with Crippen molar-refractivity contribution in [3.63, 3.8) is 0 Å². The normalized spacial score (nSPS) is 21.2. The molecule has 2 N–H and O–H groups in total. The van der Waals surface area contributed by atoms with Crippen LogP contribution < -0.4 is 10.6 Å². The van der Waals surface area contributed by atoms with Crippen LogP contribution in [0.5, 0.6) is 0 Å². The van der Waals surface area contributed by atoms with E-state index in [4.69, 9.17) is 0 Å². The van der Waals surface area contributed by atoms with Crippen molar-refractivity contribution in [2.75, 3.05) is 5.75 Å². The van der Waals surface area contributed by atoms with Gasteiger partial charge in [0.05, 0.1) is 17.5 Å². The van der Waals surface area contributed by atoms with Crippen molar-refractivity contribution in [1.82, 2.24) is 15.6 Å². The molecule has 4 rings (SSSR count). The fraction of sp³-hybridized carbons (Fsp3) is 0.444. The first-order valence-electron chi connectivity index (χ1n) is 8.93. The summed E-state index contributed by atoms with van der Waals surface area (Å²) in [5.74, 6) is -0.204.